The SMILES string of the molecule is C=CCC[C@H]1CC(=O)N1. The van der Waals surface area contributed by atoms with Gasteiger partial charge >= 0.3 is 0 Å². The third-order valence-corrected chi connectivity index (χ3v) is 1.52. The minimum Gasteiger partial charge on any atom is -0.353 e. The highest BCUT2D eigenvalue weighted by atomic mass is 16.2. The molecule has 1 aliphatic rings. The van der Waals surface area contributed by atoms with Gasteiger partial charge in [0.15, 0.2) is 0 Å². The van der Waals surface area contributed by atoms with Gasteiger partial charge in [0.1, 0.15) is 0 Å². The highest BCUT2D eigenvalue weighted by Gasteiger charge is 2.23. The summed E-state index contributed by atoms with van der Waals surface area (Å²) >= 11 is 0. The maximum atomic E-state index is 10.3. The Morgan fingerprint density at radius 3 is 3.00 bits per heavy atom. The van der Waals surface area contributed by atoms with E-state index in [0.29, 0.717) is 12.5 Å². The summed E-state index contributed by atoms with van der Waals surface area (Å²) in [6, 6.07) is 0.440. The summed E-state index contributed by atoms with van der Waals surface area (Å²) in [4.78, 5) is 10.3. The van der Waals surface area contributed by atoms with Crippen LogP contribution in [-0.2, 0) is 4.79 Å². The van der Waals surface area contributed by atoms with Gasteiger partial charge in [0, 0.05) is 12.5 Å². The third kappa shape index (κ3) is 1.56. The van der Waals surface area contributed by atoms with Crippen LogP contribution in [0, 0.1) is 0 Å². The molecule has 50 valence electrons. The number of hydrogen-bond acceptors (Lipinski definition) is 1. The molecule has 0 aromatic rings. The lowest BCUT2D eigenvalue weighted by molar-refractivity contribution is -0.128. The summed E-state index contributed by atoms with van der Waals surface area (Å²) in [7, 11) is 0. The molecule has 1 aliphatic heterocycles. The van der Waals surface area contributed by atoms with Gasteiger partial charge in [0.2, 0.25) is 5.91 Å². The lowest BCUT2D eigenvalue weighted by Gasteiger charge is -2.26. The standard InChI is InChI=1S/C7H11NO/c1-2-3-4-6-5-7(9)8-6/h2,6H,1,3-5H2,(H,8,9)/t6-/m0/s1. The van der Waals surface area contributed by atoms with Crippen molar-refractivity contribution >= 4 is 5.91 Å². The summed E-state index contributed by atoms with van der Waals surface area (Å²) in [5.41, 5.74) is 0. The Labute approximate surface area is 54.9 Å². The average Bonchev–Trinajstić information content (AvgIpc) is 1.78. The van der Waals surface area contributed by atoms with Crippen LogP contribution in [0.5, 0.6) is 0 Å². The Kier molecular flexibility index (Phi) is 1.88. The zero-order valence-electron chi connectivity index (χ0n) is 5.39. The third-order valence-electron chi connectivity index (χ3n) is 1.52. The Balaban J connectivity index is 2.03. The highest BCUT2D eigenvalue weighted by Crippen LogP contribution is 2.09. The Hall–Kier alpha value is -0.790. The fourth-order valence-corrected chi connectivity index (χ4v) is 0.924. The van der Waals surface area contributed by atoms with Gasteiger partial charge in [-0.1, -0.05) is 6.08 Å². The van der Waals surface area contributed by atoms with E-state index in [4.69, 9.17) is 0 Å². The molecule has 1 amide bonds. The summed E-state index contributed by atoms with van der Waals surface area (Å²) in [5.74, 6) is 0.184. The first kappa shape index (κ1) is 6.33. The van der Waals surface area contributed by atoms with Crippen LogP contribution in [0.4, 0.5) is 0 Å². The molecule has 0 aliphatic carbocycles. The minimum atomic E-state index is 0.184. The molecule has 2 heteroatoms. The zero-order chi connectivity index (χ0) is 6.69. The van der Waals surface area contributed by atoms with E-state index < -0.39 is 0 Å². The van der Waals surface area contributed by atoms with Crippen LogP contribution in [0.15, 0.2) is 12.7 Å². The maximum Gasteiger partial charge on any atom is 0.222 e. The number of carbonyl (C=O) groups is 1. The summed E-state index contributed by atoms with van der Waals surface area (Å²) in [6.45, 7) is 3.60. The first-order valence-electron chi connectivity index (χ1n) is 3.23. The number of β-lactam (4-membered cyclic amide) rings is 1. The molecular formula is C7H11NO. The smallest absolute Gasteiger partial charge is 0.222 e. The second-order valence-corrected chi connectivity index (χ2v) is 2.33. The Morgan fingerprint density at radius 1 is 1.89 bits per heavy atom. The van der Waals surface area contributed by atoms with Crippen LogP contribution < -0.4 is 5.32 Å². The minimum absolute atomic E-state index is 0.184. The molecule has 1 rings (SSSR count). The molecule has 0 unspecified atom stereocenters. The van der Waals surface area contributed by atoms with Crippen molar-refractivity contribution in [2.45, 2.75) is 25.3 Å². The lowest BCUT2D eigenvalue weighted by Crippen LogP contribution is -2.48. The van der Waals surface area contributed by atoms with Crippen LogP contribution in [0.25, 0.3) is 0 Å². The van der Waals surface area contributed by atoms with E-state index in [1.165, 1.54) is 0 Å². The van der Waals surface area contributed by atoms with Crippen molar-refractivity contribution in [1.82, 2.24) is 5.32 Å². The van der Waals surface area contributed by atoms with E-state index >= 15 is 0 Å². The van der Waals surface area contributed by atoms with Crippen molar-refractivity contribution in [1.29, 1.82) is 0 Å². The predicted molar refractivity (Wildman–Crippen MR) is 36.0 cm³/mol. The van der Waals surface area contributed by atoms with Gasteiger partial charge in [0.25, 0.3) is 0 Å². The molecule has 0 radical (unpaired) electrons. The van der Waals surface area contributed by atoms with Gasteiger partial charge in [-0.25, -0.2) is 0 Å². The zero-order valence-corrected chi connectivity index (χ0v) is 5.39. The summed E-state index contributed by atoms with van der Waals surface area (Å²) in [6.07, 6.45) is 4.65. The van der Waals surface area contributed by atoms with Gasteiger partial charge < -0.3 is 5.32 Å². The molecule has 9 heavy (non-hydrogen) atoms. The molecule has 1 heterocycles. The average molecular weight is 125 g/mol. The molecule has 0 bridgehead atoms. The number of rotatable bonds is 3. The molecule has 0 aromatic carbocycles. The predicted octanol–water partition coefficient (Wildman–Crippen LogP) is 0.841. The van der Waals surface area contributed by atoms with Crippen LogP contribution in [0.2, 0.25) is 0 Å². The largest absolute Gasteiger partial charge is 0.353 e. The van der Waals surface area contributed by atoms with Crippen LogP contribution in [0.1, 0.15) is 19.3 Å². The first-order chi connectivity index (χ1) is 4.33. The number of hydrogen-bond donors (Lipinski definition) is 1. The highest BCUT2D eigenvalue weighted by molar-refractivity contribution is 5.82. The van der Waals surface area contributed by atoms with Crippen molar-refractivity contribution in [3.8, 4) is 0 Å². The number of nitrogens with one attached hydrogen (secondary N) is 1. The number of amides is 1. The molecule has 1 N–H and O–H groups in total. The summed E-state index contributed by atoms with van der Waals surface area (Å²) in [5, 5.41) is 2.79. The quantitative estimate of drug-likeness (QED) is 0.439. The topological polar surface area (TPSA) is 29.1 Å². The summed E-state index contributed by atoms with van der Waals surface area (Å²) < 4.78 is 0. The normalized spacial score (nSPS) is 24.4. The van der Waals surface area contributed by atoms with E-state index in [-0.39, 0.29) is 5.91 Å². The second-order valence-electron chi connectivity index (χ2n) is 2.33. The van der Waals surface area contributed by atoms with Crippen LogP contribution in [-0.4, -0.2) is 11.9 Å². The fourth-order valence-electron chi connectivity index (χ4n) is 0.924. The molecule has 0 saturated carbocycles. The molecule has 2 nitrogen and oxygen atoms in total. The van der Waals surface area contributed by atoms with Gasteiger partial charge in [-0.2, -0.15) is 0 Å². The van der Waals surface area contributed by atoms with Gasteiger partial charge in [0.05, 0.1) is 0 Å². The van der Waals surface area contributed by atoms with Gasteiger partial charge in [-0.05, 0) is 12.8 Å². The van der Waals surface area contributed by atoms with Crippen molar-refractivity contribution < 1.29 is 4.79 Å². The van der Waals surface area contributed by atoms with Crippen molar-refractivity contribution in [3.63, 3.8) is 0 Å². The fraction of sp³-hybridized carbons (Fsp3) is 0.571. The molecule has 1 saturated heterocycles. The Morgan fingerprint density at radius 2 is 2.56 bits per heavy atom. The molecule has 1 atom stereocenters. The van der Waals surface area contributed by atoms with Crippen LogP contribution in [0.3, 0.4) is 0 Å². The van der Waals surface area contributed by atoms with Crippen molar-refractivity contribution in [2.24, 2.45) is 0 Å². The molecular weight excluding hydrogens is 114 g/mol. The number of allylic oxidation sites excluding steroid dienone is 1. The van der Waals surface area contributed by atoms with E-state index in [9.17, 15) is 4.79 Å². The van der Waals surface area contributed by atoms with E-state index in [2.05, 4.69) is 11.9 Å². The molecule has 0 aromatic heterocycles. The van der Waals surface area contributed by atoms with Crippen LogP contribution >= 0.6 is 0 Å². The van der Waals surface area contributed by atoms with Gasteiger partial charge in [-0.3, -0.25) is 4.79 Å². The van der Waals surface area contributed by atoms with Crippen molar-refractivity contribution in [3.05, 3.63) is 12.7 Å². The first-order valence-corrected chi connectivity index (χ1v) is 3.23. The molecule has 1 fully saturated rings. The van der Waals surface area contributed by atoms with Gasteiger partial charge in [-0.15, -0.1) is 6.58 Å². The lowest BCUT2D eigenvalue weighted by atomic mass is 10.0. The van der Waals surface area contributed by atoms with E-state index in [0.717, 1.165) is 12.8 Å². The second kappa shape index (κ2) is 2.67. The monoisotopic (exact) mass is 125 g/mol. The van der Waals surface area contributed by atoms with Crippen molar-refractivity contribution in [2.75, 3.05) is 0 Å². The maximum absolute atomic E-state index is 10.3. The number of carbonyl (C=O) groups excluding carboxylic acids is 1. The van der Waals surface area contributed by atoms with E-state index in [1.54, 1.807) is 0 Å². The molecule has 0 spiro atoms. The Bertz CT molecular complexity index is 123. The van der Waals surface area contributed by atoms with E-state index in [1.807, 2.05) is 6.08 Å².